The van der Waals surface area contributed by atoms with Gasteiger partial charge in [0.1, 0.15) is 5.25 Å². The summed E-state index contributed by atoms with van der Waals surface area (Å²) in [7, 11) is -3.55. The molecule has 1 fully saturated rings. The van der Waals surface area contributed by atoms with Gasteiger partial charge in [-0.15, -0.1) is 11.3 Å². The molecule has 24 heavy (non-hydrogen) atoms. The standard InChI is InChI=1S/C17H28N2O3S2/c1-5-15-8-6-7-9-19(15)17(20)13(4)24(21,22)11-14-10-23-16(18-14)12(2)3/h10,12-13,15H,5-9,11H2,1-4H3. The Labute approximate surface area is 149 Å². The van der Waals surface area contributed by atoms with Gasteiger partial charge in [-0.2, -0.15) is 0 Å². The molecule has 0 N–H and O–H groups in total. The van der Waals surface area contributed by atoms with E-state index in [0.29, 0.717) is 12.2 Å². The summed E-state index contributed by atoms with van der Waals surface area (Å²) in [5.74, 6) is -0.127. The predicted octanol–water partition coefficient (Wildman–Crippen LogP) is 3.36. The molecule has 0 aromatic carbocycles. The molecule has 1 aliphatic heterocycles. The Morgan fingerprint density at radius 3 is 2.67 bits per heavy atom. The van der Waals surface area contributed by atoms with Crippen LogP contribution in [-0.2, 0) is 20.4 Å². The molecule has 0 saturated carbocycles. The highest BCUT2D eigenvalue weighted by atomic mass is 32.2. The van der Waals surface area contributed by atoms with E-state index >= 15 is 0 Å². The van der Waals surface area contributed by atoms with Gasteiger partial charge >= 0.3 is 0 Å². The summed E-state index contributed by atoms with van der Waals surface area (Å²) in [6.45, 7) is 8.31. The first kappa shape index (κ1) is 19.4. The van der Waals surface area contributed by atoms with Gasteiger partial charge in [0.05, 0.1) is 16.5 Å². The van der Waals surface area contributed by atoms with E-state index in [4.69, 9.17) is 0 Å². The molecule has 0 spiro atoms. The van der Waals surface area contributed by atoms with Gasteiger partial charge in [-0.05, 0) is 32.6 Å². The number of hydrogen-bond donors (Lipinski definition) is 0. The number of carbonyl (C=O) groups excluding carboxylic acids is 1. The lowest BCUT2D eigenvalue weighted by molar-refractivity contribution is -0.134. The molecule has 2 rings (SSSR count). The molecule has 2 unspecified atom stereocenters. The number of amides is 1. The summed E-state index contributed by atoms with van der Waals surface area (Å²) in [6, 6.07) is 0.177. The third-order valence-electron chi connectivity index (χ3n) is 4.68. The highest BCUT2D eigenvalue weighted by molar-refractivity contribution is 7.92. The quantitative estimate of drug-likeness (QED) is 0.768. The van der Waals surface area contributed by atoms with Crippen LogP contribution in [0.4, 0.5) is 0 Å². The van der Waals surface area contributed by atoms with Crippen LogP contribution in [0.15, 0.2) is 5.38 Å². The Morgan fingerprint density at radius 2 is 2.08 bits per heavy atom. The largest absolute Gasteiger partial charge is 0.339 e. The zero-order chi connectivity index (χ0) is 17.9. The van der Waals surface area contributed by atoms with Crippen molar-refractivity contribution < 1.29 is 13.2 Å². The van der Waals surface area contributed by atoms with Crippen molar-refractivity contribution in [1.29, 1.82) is 0 Å². The molecule has 0 aliphatic carbocycles. The number of nitrogens with zero attached hydrogens (tertiary/aromatic N) is 2. The van der Waals surface area contributed by atoms with Crippen LogP contribution >= 0.6 is 11.3 Å². The zero-order valence-electron chi connectivity index (χ0n) is 15.0. The smallest absolute Gasteiger partial charge is 0.240 e. The van der Waals surface area contributed by atoms with E-state index < -0.39 is 15.1 Å². The fourth-order valence-corrected chi connectivity index (χ4v) is 5.28. The number of carbonyl (C=O) groups is 1. The molecule has 5 nitrogen and oxygen atoms in total. The van der Waals surface area contributed by atoms with Gasteiger partial charge in [-0.3, -0.25) is 4.79 Å². The van der Waals surface area contributed by atoms with E-state index in [9.17, 15) is 13.2 Å². The van der Waals surface area contributed by atoms with Gasteiger partial charge in [0.15, 0.2) is 9.84 Å². The predicted molar refractivity (Wildman–Crippen MR) is 97.9 cm³/mol. The van der Waals surface area contributed by atoms with Crippen molar-refractivity contribution in [1.82, 2.24) is 9.88 Å². The van der Waals surface area contributed by atoms with Gasteiger partial charge < -0.3 is 4.90 Å². The monoisotopic (exact) mass is 372 g/mol. The van der Waals surface area contributed by atoms with Gasteiger partial charge in [0.25, 0.3) is 0 Å². The maximum Gasteiger partial charge on any atom is 0.240 e. The summed E-state index contributed by atoms with van der Waals surface area (Å²) in [6.07, 6.45) is 3.92. The molecule has 2 heterocycles. The van der Waals surface area contributed by atoms with E-state index in [1.807, 2.05) is 13.8 Å². The first-order valence-corrected chi connectivity index (χ1v) is 11.3. The molecule has 7 heteroatoms. The topological polar surface area (TPSA) is 67.3 Å². The van der Waals surface area contributed by atoms with E-state index in [1.165, 1.54) is 18.3 Å². The minimum Gasteiger partial charge on any atom is -0.339 e. The van der Waals surface area contributed by atoms with Crippen LogP contribution in [0.5, 0.6) is 0 Å². The summed E-state index contributed by atoms with van der Waals surface area (Å²) in [5.41, 5.74) is 0.550. The Kier molecular flexibility index (Phi) is 6.42. The normalized spacial score (nSPS) is 20.4. The molecule has 2 atom stereocenters. The highest BCUT2D eigenvalue weighted by Gasteiger charge is 2.35. The van der Waals surface area contributed by atoms with Crippen LogP contribution in [0.3, 0.4) is 0 Å². The lowest BCUT2D eigenvalue weighted by Crippen LogP contribution is -2.49. The van der Waals surface area contributed by atoms with E-state index in [0.717, 1.165) is 30.7 Å². The maximum atomic E-state index is 12.7. The number of aromatic nitrogens is 1. The van der Waals surface area contributed by atoms with E-state index in [2.05, 4.69) is 11.9 Å². The van der Waals surface area contributed by atoms with E-state index in [-0.39, 0.29) is 23.6 Å². The molecule has 1 aromatic rings. The van der Waals surface area contributed by atoms with Crippen LogP contribution < -0.4 is 0 Å². The van der Waals surface area contributed by atoms with Gasteiger partial charge in [0, 0.05) is 23.9 Å². The third-order valence-corrected chi connectivity index (χ3v) is 7.85. The van der Waals surface area contributed by atoms with Crippen LogP contribution in [-0.4, -0.2) is 42.0 Å². The molecule has 1 aliphatic rings. The number of rotatable bonds is 6. The molecule has 1 amide bonds. The van der Waals surface area contributed by atoms with E-state index in [1.54, 1.807) is 10.3 Å². The SMILES string of the molecule is CCC1CCCCN1C(=O)C(C)S(=O)(=O)Cc1csc(C(C)C)n1. The van der Waals surface area contributed by atoms with Crippen molar-refractivity contribution in [2.24, 2.45) is 0 Å². The van der Waals surface area contributed by atoms with Crippen molar-refractivity contribution in [3.63, 3.8) is 0 Å². The third kappa shape index (κ3) is 4.36. The fraction of sp³-hybridized carbons (Fsp3) is 0.765. The van der Waals surface area contributed by atoms with Crippen molar-refractivity contribution in [3.05, 3.63) is 16.1 Å². The average Bonchev–Trinajstić information content (AvgIpc) is 3.01. The molecule has 136 valence electrons. The summed E-state index contributed by atoms with van der Waals surface area (Å²) >= 11 is 1.48. The molecular weight excluding hydrogens is 344 g/mol. The highest BCUT2D eigenvalue weighted by Crippen LogP contribution is 2.24. The molecule has 0 bridgehead atoms. The van der Waals surface area contributed by atoms with Crippen molar-refractivity contribution in [2.45, 2.75) is 76.3 Å². The number of thiazole rings is 1. The minimum absolute atomic E-state index is 0.159. The first-order chi connectivity index (χ1) is 11.3. The van der Waals surface area contributed by atoms with Crippen LogP contribution in [0.25, 0.3) is 0 Å². The summed E-state index contributed by atoms with van der Waals surface area (Å²) in [5, 5.41) is 1.72. The number of hydrogen-bond acceptors (Lipinski definition) is 5. The number of sulfone groups is 1. The van der Waals surface area contributed by atoms with Crippen molar-refractivity contribution in [3.8, 4) is 0 Å². The van der Waals surface area contributed by atoms with Crippen LogP contribution in [0.1, 0.15) is 70.0 Å². The van der Waals surface area contributed by atoms with Crippen molar-refractivity contribution >= 4 is 27.1 Å². The van der Waals surface area contributed by atoms with Gasteiger partial charge in [0.2, 0.25) is 5.91 Å². The second kappa shape index (κ2) is 7.95. The summed E-state index contributed by atoms with van der Waals surface area (Å²) in [4.78, 5) is 18.9. The second-order valence-electron chi connectivity index (χ2n) is 6.87. The Hall–Kier alpha value is -0.950. The lowest BCUT2D eigenvalue weighted by Gasteiger charge is -2.36. The number of likely N-dealkylation sites (tertiary alicyclic amines) is 1. The van der Waals surface area contributed by atoms with Crippen LogP contribution in [0.2, 0.25) is 0 Å². The molecule has 1 aromatic heterocycles. The summed E-state index contributed by atoms with van der Waals surface area (Å²) < 4.78 is 25.4. The Balaban J connectivity index is 2.10. The maximum absolute atomic E-state index is 12.7. The van der Waals surface area contributed by atoms with Gasteiger partial charge in [-0.1, -0.05) is 20.8 Å². The fourth-order valence-electron chi connectivity index (χ4n) is 3.09. The van der Waals surface area contributed by atoms with Crippen LogP contribution in [0, 0.1) is 0 Å². The molecule has 0 radical (unpaired) electrons. The second-order valence-corrected chi connectivity index (χ2v) is 10.1. The van der Waals surface area contributed by atoms with Crippen molar-refractivity contribution in [2.75, 3.05) is 6.54 Å². The minimum atomic E-state index is -3.55. The Bertz CT molecular complexity index is 667. The molecular formula is C17H28N2O3S2. The zero-order valence-corrected chi connectivity index (χ0v) is 16.6. The first-order valence-electron chi connectivity index (χ1n) is 8.72. The number of piperidine rings is 1. The Morgan fingerprint density at radius 1 is 1.38 bits per heavy atom. The molecule has 1 saturated heterocycles. The average molecular weight is 373 g/mol. The lowest BCUT2D eigenvalue weighted by atomic mass is 10.00. The van der Waals surface area contributed by atoms with Gasteiger partial charge in [-0.25, -0.2) is 13.4 Å².